The predicted octanol–water partition coefficient (Wildman–Crippen LogP) is 4.76. The fraction of sp³-hybridized carbons (Fsp3) is 0.120. The maximum Gasteiger partial charge on any atom is 0.276 e. The predicted molar refractivity (Wildman–Crippen MR) is 124 cm³/mol. The lowest BCUT2D eigenvalue weighted by atomic mass is 10.1. The van der Waals surface area contributed by atoms with Gasteiger partial charge in [-0.2, -0.15) is 5.10 Å². The summed E-state index contributed by atoms with van der Waals surface area (Å²) in [6.45, 7) is 2.14. The second kappa shape index (κ2) is 8.58. The molecule has 0 fully saturated rings. The Balaban J connectivity index is 1.22. The second-order valence-electron chi connectivity index (χ2n) is 7.57. The molecule has 0 aliphatic rings. The van der Waals surface area contributed by atoms with Crippen LogP contribution in [0.15, 0.2) is 77.2 Å². The minimum atomic E-state index is -0.268. The molecule has 0 saturated heterocycles. The van der Waals surface area contributed by atoms with Gasteiger partial charge in [-0.05, 0) is 48.9 Å². The second-order valence-corrected chi connectivity index (χ2v) is 7.57. The van der Waals surface area contributed by atoms with Crippen LogP contribution in [0, 0.1) is 6.92 Å². The van der Waals surface area contributed by atoms with Crippen molar-refractivity contribution in [3.8, 4) is 17.2 Å². The van der Waals surface area contributed by atoms with Crippen molar-refractivity contribution in [1.82, 2.24) is 20.0 Å². The Morgan fingerprint density at radius 2 is 1.76 bits per heavy atom. The number of nitrogens with one attached hydrogen (secondary N) is 1. The van der Waals surface area contributed by atoms with Gasteiger partial charge in [-0.3, -0.25) is 9.48 Å². The summed E-state index contributed by atoms with van der Waals surface area (Å²) in [6.07, 6.45) is 0. The third kappa shape index (κ3) is 4.18. The van der Waals surface area contributed by atoms with E-state index >= 15 is 0 Å². The molecule has 8 nitrogen and oxygen atoms in total. The summed E-state index contributed by atoms with van der Waals surface area (Å²) >= 11 is 0. The molecule has 1 N–H and O–H groups in total. The molecule has 5 aromatic rings. The van der Waals surface area contributed by atoms with Crippen LogP contribution in [0.5, 0.6) is 5.75 Å². The molecule has 0 radical (unpaired) electrons. The SMILES string of the molecule is Cc1ccccc1-c1nnc(COc2ccc(NC(=O)c3nn(C)c4ccccc34)cc2)o1. The van der Waals surface area contributed by atoms with Crippen LogP contribution >= 0.6 is 0 Å². The van der Waals surface area contributed by atoms with Crippen molar-refractivity contribution in [3.05, 3.63) is 89.9 Å². The molecule has 0 saturated carbocycles. The number of ether oxygens (including phenoxy) is 1. The number of anilines is 1. The van der Waals surface area contributed by atoms with Crippen LogP contribution in [-0.4, -0.2) is 25.9 Å². The standard InChI is InChI=1S/C25H21N5O3/c1-16-7-3-4-8-19(16)25-28-27-22(33-25)15-32-18-13-11-17(12-14-18)26-24(31)23-20-9-5-6-10-21(20)30(2)29-23/h3-14H,15H2,1-2H3,(H,26,31). The van der Waals surface area contributed by atoms with E-state index in [0.29, 0.717) is 28.9 Å². The number of amides is 1. The highest BCUT2D eigenvalue weighted by molar-refractivity contribution is 6.11. The Morgan fingerprint density at radius 3 is 2.58 bits per heavy atom. The summed E-state index contributed by atoms with van der Waals surface area (Å²) < 4.78 is 13.2. The van der Waals surface area contributed by atoms with Gasteiger partial charge in [0.15, 0.2) is 12.3 Å². The lowest BCUT2D eigenvalue weighted by Gasteiger charge is -2.06. The van der Waals surface area contributed by atoms with Crippen LogP contribution in [-0.2, 0) is 13.7 Å². The van der Waals surface area contributed by atoms with Crippen LogP contribution in [0.25, 0.3) is 22.4 Å². The molecule has 0 aliphatic heterocycles. The van der Waals surface area contributed by atoms with E-state index in [4.69, 9.17) is 9.15 Å². The Hall–Kier alpha value is -4.46. The summed E-state index contributed by atoms with van der Waals surface area (Å²) in [6, 6.07) is 22.5. The van der Waals surface area contributed by atoms with Gasteiger partial charge in [0.05, 0.1) is 5.52 Å². The van der Waals surface area contributed by atoms with Gasteiger partial charge >= 0.3 is 0 Å². The Morgan fingerprint density at radius 1 is 1.00 bits per heavy atom. The molecule has 0 atom stereocenters. The molecular weight excluding hydrogens is 418 g/mol. The van der Waals surface area contributed by atoms with Gasteiger partial charge in [0.1, 0.15) is 5.75 Å². The first-order valence-corrected chi connectivity index (χ1v) is 10.4. The zero-order chi connectivity index (χ0) is 22.8. The van der Waals surface area contributed by atoms with Crippen LogP contribution in [0.1, 0.15) is 21.9 Å². The Labute approximate surface area is 189 Å². The normalized spacial score (nSPS) is 11.0. The fourth-order valence-electron chi connectivity index (χ4n) is 3.59. The maximum absolute atomic E-state index is 12.7. The molecule has 3 aromatic carbocycles. The average Bonchev–Trinajstić information content (AvgIpc) is 3.44. The number of hydrogen-bond acceptors (Lipinski definition) is 6. The number of carbonyl (C=O) groups excluding carboxylic acids is 1. The monoisotopic (exact) mass is 439 g/mol. The smallest absolute Gasteiger partial charge is 0.276 e. The number of hydrogen-bond donors (Lipinski definition) is 1. The minimum Gasteiger partial charge on any atom is -0.484 e. The van der Waals surface area contributed by atoms with E-state index in [1.165, 1.54) is 0 Å². The summed E-state index contributed by atoms with van der Waals surface area (Å²) in [4.78, 5) is 12.7. The van der Waals surface area contributed by atoms with E-state index in [1.807, 2.05) is 62.5 Å². The molecule has 2 aromatic heterocycles. The van der Waals surface area contributed by atoms with E-state index in [0.717, 1.165) is 22.0 Å². The summed E-state index contributed by atoms with van der Waals surface area (Å²) in [5.41, 5.74) is 3.89. The van der Waals surface area contributed by atoms with Gasteiger partial charge in [0.25, 0.3) is 11.8 Å². The highest BCUT2D eigenvalue weighted by Crippen LogP contribution is 2.23. The lowest BCUT2D eigenvalue weighted by Crippen LogP contribution is -2.13. The van der Waals surface area contributed by atoms with Crippen LogP contribution in [0.3, 0.4) is 0 Å². The van der Waals surface area contributed by atoms with Gasteiger partial charge in [0, 0.05) is 23.7 Å². The fourth-order valence-corrected chi connectivity index (χ4v) is 3.59. The van der Waals surface area contributed by atoms with E-state index in [2.05, 4.69) is 20.6 Å². The first-order chi connectivity index (χ1) is 16.1. The third-order valence-electron chi connectivity index (χ3n) is 5.29. The molecule has 8 heteroatoms. The molecule has 0 spiro atoms. The van der Waals surface area contributed by atoms with Crippen molar-refractivity contribution in [2.24, 2.45) is 7.05 Å². The topological polar surface area (TPSA) is 95.1 Å². The maximum atomic E-state index is 12.7. The molecule has 0 aliphatic carbocycles. The van der Waals surface area contributed by atoms with Crippen molar-refractivity contribution in [3.63, 3.8) is 0 Å². The van der Waals surface area contributed by atoms with E-state index in [9.17, 15) is 4.79 Å². The number of aromatic nitrogens is 4. The minimum absolute atomic E-state index is 0.143. The van der Waals surface area contributed by atoms with Gasteiger partial charge in [-0.25, -0.2) is 0 Å². The Bertz CT molecular complexity index is 1440. The lowest BCUT2D eigenvalue weighted by molar-refractivity contribution is 0.102. The number of fused-ring (bicyclic) bond motifs is 1. The summed E-state index contributed by atoms with van der Waals surface area (Å²) in [5, 5.41) is 16.2. The van der Waals surface area contributed by atoms with Crippen LogP contribution in [0.2, 0.25) is 0 Å². The van der Waals surface area contributed by atoms with Gasteiger partial charge in [-0.15, -0.1) is 10.2 Å². The van der Waals surface area contributed by atoms with E-state index in [-0.39, 0.29) is 12.5 Å². The first kappa shape index (κ1) is 20.4. The van der Waals surface area contributed by atoms with Gasteiger partial charge in [-0.1, -0.05) is 36.4 Å². The largest absolute Gasteiger partial charge is 0.484 e. The molecule has 1 amide bonds. The average molecular weight is 439 g/mol. The number of rotatable bonds is 6. The molecule has 0 bridgehead atoms. The number of benzene rings is 3. The van der Waals surface area contributed by atoms with E-state index < -0.39 is 0 Å². The molecule has 33 heavy (non-hydrogen) atoms. The molecule has 5 rings (SSSR count). The number of carbonyl (C=O) groups is 1. The third-order valence-corrected chi connectivity index (χ3v) is 5.29. The Kier molecular flexibility index (Phi) is 5.32. The van der Waals surface area contributed by atoms with E-state index in [1.54, 1.807) is 28.9 Å². The van der Waals surface area contributed by atoms with Crippen molar-refractivity contribution >= 4 is 22.5 Å². The number of aryl methyl sites for hydroxylation is 2. The molecule has 2 heterocycles. The number of nitrogens with zero attached hydrogens (tertiary/aromatic N) is 4. The van der Waals surface area contributed by atoms with Crippen molar-refractivity contribution in [1.29, 1.82) is 0 Å². The van der Waals surface area contributed by atoms with Crippen LogP contribution in [0.4, 0.5) is 5.69 Å². The zero-order valence-corrected chi connectivity index (χ0v) is 18.1. The van der Waals surface area contributed by atoms with Crippen LogP contribution < -0.4 is 10.1 Å². The van der Waals surface area contributed by atoms with Crippen molar-refractivity contribution < 1.29 is 13.9 Å². The molecular formula is C25H21N5O3. The quantitative estimate of drug-likeness (QED) is 0.410. The zero-order valence-electron chi connectivity index (χ0n) is 18.1. The van der Waals surface area contributed by atoms with Crippen molar-refractivity contribution in [2.45, 2.75) is 13.5 Å². The summed E-state index contributed by atoms with van der Waals surface area (Å²) in [7, 11) is 1.82. The summed E-state index contributed by atoms with van der Waals surface area (Å²) in [5.74, 6) is 1.20. The van der Waals surface area contributed by atoms with Gasteiger partial charge in [0.2, 0.25) is 5.89 Å². The number of para-hydroxylation sites is 1. The van der Waals surface area contributed by atoms with Gasteiger partial charge < -0.3 is 14.5 Å². The highest BCUT2D eigenvalue weighted by atomic mass is 16.5. The molecule has 164 valence electrons. The first-order valence-electron chi connectivity index (χ1n) is 10.4. The van der Waals surface area contributed by atoms with Crippen molar-refractivity contribution in [2.75, 3.05) is 5.32 Å². The highest BCUT2D eigenvalue weighted by Gasteiger charge is 2.16. The molecule has 0 unspecified atom stereocenters.